The van der Waals surface area contributed by atoms with E-state index in [0.29, 0.717) is 45.9 Å². The molecule has 2 aliphatic heterocycles. The van der Waals surface area contributed by atoms with Crippen LogP contribution in [0, 0.1) is 0 Å². The van der Waals surface area contributed by atoms with E-state index in [9.17, 15) is 0 Å². The van der Waals surface area contributed by atoms with Crippen molar-refractivity contribution in [2.75, 3.05) is 0 Å². The van der Waals surface area contributed by atoms with Crippen LogP contribution in [0.15, 0.2) is 161 Å². The first-order valence-corrected chi connectivity index (χ1v) is 25.1. The molecule has 0 saturated heterocycles. The van der Waals surface area contributed by atoms with Crippen LogP contribution in [0.2, 0.25) is 0 Å². The van der Waals surface area contributed by atoms with Gasteiger partial charge in [0.2, 0.25) is 0 Å². The minimum atomic E-state index is -3.09. The number of thiophene rings is 4. The van der Waals surface area contributed by atoms with Gasteiger partial charge in [0.15, 0.2) is 0 Å². The van der Waals surface area contributed by atoms with E-state index in [1.165, 1.54) is 19.6 Å². The molecular formula is C48H29CuN8S4. The maximum absolute atomic E-state index is 5.43. The van der Waals surface area contributed by atoms with Crippen molar-refractivity contribution in [3.8, 4) is 45.6 Å². The van der Waals surface area contributed by atoms with Crippen LogP contribution < -0.4 is 19.6 Å². The third-order valence-corrected chi connectivity index (χ3v) is 24.5. The van der Waals surface area contributed by atoms with E-state index in [1.807, 2.05) is 81.7 Å². The van der Waals surface area contributed by atoms with Gasteiger partial charge in [-0.2, -0.15) is 0 Å². The molecule has 0 fully saturated rings. The summed E-state index contributed by atoms with van der Waals surface area (Å²) in [6.07, 6.45) is 0. The van der Waals surface area contributed by atoms with Gasteiger partial charge >= 0.3 is 349 Å². The van der Waals surface area contributed by atoms with Crippen LogP contribution in [0.5, 0.6) is 0 Å². The number of H-pyrrole nitrogens is 2. The van der Waals surface area contributed by atoms with Crippen molar-refractivity contribution in [1.29, 1.82) is 0 Å². The van der Waals surface area contributed by atoms with Gasteiger partial charge in [0.05, 0.1) is 0 Å². The molecule has 2 aliphatic rings. The SMILES string of the molecule is c1cs[c]([Cu]([c]2ccc3c4nc5nc(nc6[nH]c(nc7nc(nc([nH]4)c3c2)-c2ccccc2-7)c2ccccc62)-c2ccccc2-5)([c]2cccs2)([c]2cccs2)[c]2cccs2)c1. The fourth-order valence-corrected chi connectivity index (χ4v) is 24.3. The fourth-order valence-electron chi connectivity index (χ4n) is 8.24. The Hall–Kier alpha value is -6.44. The molecule has 0 saturated carbocycles. The van der Waals surface area contributed by atoms with Gasteiger partial charge in [0.25, 0.3) is 0 Å². The first kappa shape index (κ1) is 35.3. The third kappa shape index (κ3) is 4.84. The van der Waals surface area contributed by atoms with Crippen LogP contribution in [0.4, 0.5) is 0 Å². The van der Waals surface area contributed by atoms with Crippen molar-refractivity contribution in [1.82, 2.24) is 39.9 Å². The summed E-state index contributed by atoms with van der Waals surface area (Å²) in [5.74, 6) is 2.31. The van der Waals surface area contributed by atoms with E-state index >= 15 is 0 Å². The Balaban J connectivity index is 1.21. The van der Waals surface area contributed by atoms with Crippen molar-refractivity contribution < 1.29 is 11.8 Å². The molecule has 8 bridgehead atoms. The normalized spacial score (nSPS) is 13.0. The Kier molecular flexibility index (Phi) is 7.69. The maximum atomic E-state index is 5.43. The fraction of sp³-hybridized carbons (Fsp3) is 0. The summed E-state index contributed by atoms with van der Waals surface area (Å²) >= 11 is 4.22. The predicted octanol–water partition coefficient (Wildman–Crippen LogP) is 9.73. The molecule has 9 heterocycles. The topological polar surface area (TPSA) is 109 Å². The molecule has 0 unspecified atom stereocenters. The van der Waals surface area contributed by atoms with Gasteiger partial charge in [0, 0.05) is 0 Å². The second kappa shape index (κ2) is 13.3. The molecule has 0 atom stereocenters. The van der Waals surface area contributed by atoms with Crippen molar-refractivity contribution in [2.24, 2.45) is 0 Å². The van der Waals surface area contributed by atoms with Gasteiger partial charge in [0.1, 0.15) is 0 Å². The Morgan fingerprint density at radius 2 is 0.672 bits per heavy atom. The number of fused-ring (bicyclic) bond motifs is 20. The Labute approximate surface area is 364 Å². The summed E-state index contributed by atoms with van der Waals surface area (Å²) in [5.41, 5.74) is 6.30. The number of aromatic amines is 2. The van der Waals surface area contributed by atoms with Crippen molar-refractivity contribution in [2.45, 2.75) is 0 Å². The zero-order valence-electron chi connectivity index (χ0n) is 31.7. The third-order valence-electron chi connectivity index (χ3n) is 10.9. The van der Waals surface area contributed by atoms with Crippen LogP contribution in [0.25, 0.3) is 89.7 Å². The van der Waals surface area contributed by atoms with Crippen LogP contribution in [-0.2, 0) is 11.8 Å². The molecule has 11 aromatic rings. The number of nitrogens with one attached hydrogen (secondary N) is 2. The average molecular weight is 910 g/mol. The number of hydrogen-bond donors (Lipinski definition) is 2. The van der Waals surface area contributed by atoms with Gasteiger partial charge in [-0.25, -0.2) is 0 Å². The summed E-state index contributed by atoms with van der Waals surface area (Å²) in [6, 6.07) is 49.5. The second-order valence-corrected chi connectivity index (χ2v) is 23.9. The molecule has 296 valence electrons. The molecule has 8 nitrogen and oxygen atoms in total. The molecule has 61 heavy (non-hydrogen) atoms. The summed E-state index contributed by atoms with van der Waals surface area (Å²) in [5, 5.41) is 12.6. The zero-order valence-corrected chi connectivity index (χ0v) is 35.9. The summed E-state index contributed by atoms with van der Waals surface area (Å²) in [4.78, 5) is 38.6. The zero-order chi connectivity index (χ0) is 40.1. The van der Waals surface area contributed by atoms with Crippen molar-refractivity contribution >= 4 is 109 Å². The summed E-state index contributed by atoms with van der Waals surface area (Å²) in [7, 11) is 0. The molecule has 13 rings (SSSR count). The van der Waals surface area contributed by atoms with Gasteiger partial charge in [-0.05, 0) is 0 Å². The van der Waals surface area contributed by atoms with Crippen LogP contribution in [0.3, 0.4) is 0 Å². The van der Waals surface area contributed by atoms with E-state index in [2.05, 4.69) is 135 Å². The average Bonchev–Trinajstić information content (AvgIpc) is 4.16. The number of aromatic nitrogens is 8. The molecule has 0 aliphatic carbocycles. The molecule has 13 heteroatoms. The van der Waals surface area contributed by atoms with E-state index in [-0.39, 0.29) is 0 Å². The monoisotopic (exact) mass is 908 g/mol. The molecule has 0 spiro atoms. The van der Waals surface area contributed by atoms with E-state index in [0.717, 1.165) is 43.8 Å². The van der Waals surface area contributed by atoms with E-state index in [1.54, 1.807) is 0 Å². The Morgan fingerprint density at radius 3 is 1.03 bits per heavy atom. The minimum absolute atomic E-state index is 0.574. The quantitative estimate of drug-likeness (QED) is 0.167. The van der Waals surface area contributed by atoms with E-state index in [4.69, 9.17) is 29.9 Å². The first-order valence-electron chi connectivity index (χ1n) is 19.2. The van der Waals surface area contributed by atoms with Crippen LogP contribution in [0.1, 0.15) is 0 Å². The van der Waals surface area contributed by atoms with Gasteiger partial charge in [-0.1, -0.05) is 18.2 Å². The van der Waals surface area contributed by atoms with Gasteiger partial charge in [-0.3, -0.25) is 0 Å². The van der Waals surface area contributed by atoms with Crippen LogP contribution >= 0.6 is 45.3 Å². The Morgan fingerprint density at radius 1 is 0.328 bits per heavy atom. The predicted molar refractivity (Wildman–Crippen MR) is 251 cm³/mol. The molecule has 4 aromatic carbocycles. The number of benzene rings is 4. The number of rotatable bonds is 5. The summed E-state index contributed by atoms with van der Waals surface area (Å²) in [6.45, 7) is 0. The van der Waals surface area contributed by atoms with Gasteiger partial charge in [-0.15, -0.1) is 0 Å². The Bertz CT molecular complexity index is 3530. The molecule has 7 aromatic heterocycles. The summed E-state index contributed by atoms with van der Waals surface area (Å²) < 4.78 is 6.50. The van der Waals surface area contributed by atoms with Gasteiger partial charge < -0.3 is 0 Å². The molecule has 2 N–H and O–H groups in total. The van der Waals surface area contributed by atoms with Crippen molar-refractivity contribution in [3.05, 3.63) is 161 Å². The molecule has 0 amide bonds. The second-order valence-electron chi connectivity index (χ2n) is 14.2. The number of nitrogens with zero attached hydrogens (tertiary/aromatic N) is 6. The van der Waals surface area contributed by atoms with Crippen LogP contribution in [-0.4, -0.2) is 39.9 Å². The van der Waals surface area contributed by atoms with E-state index < -0.39 is 11.8 Å². The molecular weight excluding hydrogens is 880 g/mol. The number of hydrogen-bond acceptors (Lipinski definition) is 10. The molecule has 0 radical (unpaired) electrons. The van der Waals surface area contributed by atoms with Crippen molar-refractivity contribution in [3.63, 3.8) is 0 Å². The standard InChI is InChI=1S/C32H17N8.4C4H3S.Cu/c1-2-10-18-17(9-1)25-33-26(18)38-28-21-13-5-6-14-22(21)30(35-28)40-32-24-16-8-7-15-23(24)31(36-32)39-29-20-12-4-3-11-19(20)27(34-29)37-25;4*1-2-4-5-3-1;/h1-7,9-16H,(H2,33,34,35,36,37,38,39,40);4*1-3H;. The first-order chi connectivity index (χ1) is 30.2.